The Kier molecular flexibility index (Phi) is 4.72. The zero-order chi connectivity index (χ0) is 13.0. The zero-order valence-electron chi connectivity index (χ0n) is 8.16. The first-order valence-electron chi connectivity index (χ1n) is 4.25. The van der Waals surface area contributed by atoms with Crippen LogP contribution in [0.25, 0.3) is 6.08 Å². The van der Waals surface area contributed by atoms with Crippen molar-refractivity contribution in [3.05, 3.63) is 33.8 Å². The van der Waals surface area contributed by atoms with Crippen molar-refractivity contribution in [1.29, 1.82) is 0 Å². The second-order valence-electron chi connectivity index (χ2n) is 2.86. The van der Waals surface area contributed by atoms with Crippen LogP contribution in [0.5, 0.6) is 5.75 Å². The van der Waals surface area contributed by atoms with Gasteiger partial charge < -0.3 is 9.84 Å². The van der Waals surface area contributed by atoms with Crippen molar-refractivity contribution < 1.29 is 23.4 Å². The van der Waals surface area contributed by atoms with Gasteiger partial charge in [-0.15, -0.1) is 0 Å². The highest BCUT2D eigenvalue weighted by atomic mass is 35.5. The van der Waals surface area contributed by atoms with Crippen molar-refractivity contribution in [3.63, 3.8) is 0 Å². The Morgan fingerprint density at radius 2 is 1.88 bits per heavy atom. The molecule has 0 aromatic heterocycles. The molecule has 0 atom stereocenters. The van der Waals surface area contributed by atoms with E-state index in [0.29, 0.717) is 5.56 Å². The van der Waals surface area contributed by atoms with Gasteiger partial charge in [-0.05, 0) is 23.8 Å². The fourth-order valence-electron chi connectivity index (χ4n) is 1.04. The zero-order valence-corrected chi connectivity index (χ0v) is 9.67. The Labute approximate surface area is 105 Å². The molecule has 3 nitrogen and oxygen atoms in total. The van der Waals surface area contributed by atoms with Crippen LogP contribution < -0.4 is 4.74 Å². The first kappa shape index (κ1) is 13.7. The lowest BCUT2D eigenvalue weighted by Gasteiger charge is -2.09. The number of carboxylic acid groups (broad SMARTS) is 1. The van der Waals surface area contributed by atoms with Crippen LogP contribution in [-0.4, -0.2) is 17.7 Å². The minimum absolute atomic E-state index is 0.122. The smallest absolute Gasteiger partial charge is 0.387 e. The maximum atomic E-state index is 12.0. The summed E-state index contributed by atoms with van der Waals surface area (Å²) in [6.07, 6.45) is 2.10. The SMILES string of the molecule is O=C(O)C=Cc1cc(Cl)c(OC(F)F)c(Cl)c1. The van der Waals surface area contributed by atoms with E-state index in [4.69, 9.17) is 28.3 Å². The molecule has 0 saturated heterocycles. The van der Waals surface area contributed by atoms with Crippen molar-refractivity contribution in [1.82, 2.24) is 0 Å². The average Bonchev–Trinajstić information content (AvgIpc) is 2.20. The van der Waals surface area contributed by atoms with Gasteiger partial charge >= 0.3 is 12.6 Å². The topological polar surface area (TPSA) is 46.5 Å². The van der Waals surface area contributed by atoms with Crippen molar-refractivity contribution in [2.24, 2.45) is 0 Å². The first-order chi connectivity index (χ1) is 7.90. The minimum Gasteiger partial charge on any atom is -0.478 e. The van der Waals surface area contributed by atoms with Gasteiger partial charge in [0.15, 0.2) is 5.75 Å². The third-order valence-electron chi connectivity index (χ3n) is 1.65. The highest BCUT2D eigenvalue weighted by Gasteiger charge is 2.13. The Bertz CT molecular complexity index is 438. The summed E-state index contributed by atoms with van der Waals surface area (Å²) in [4.78, 5) is 10.3. The summed E-state index contributed by atoms with van der Waals surface area (Å²) in [6, 6.07) is 2.54. The summed E-state index contributed by atoms with van der Waals surface area (Å²) in [6.45, 7) is -3.04. The first-order valence-corrected chi connectivity index (χ1v) is 5.00. The van der Waals surface area contributed by atoms with Gasteiger partial charge in [0, 0.05) is 6.08 Å². The third-order valence-corrected chi connectivity index (χ3v) is 2.21. The minimum atomic E-state index is -3.04. The molecule has 1 N–H and O–H groups in total. The largest absolute Gasteiger partial charge is 0.478 e. The summed E-state index contributed by atoms with van der Waals surface area (Å²) in [7, 11) is 0. The second-order valence-corrected chi connectivity index (χ2v) is 3.68. The van der Waals surface area contributed by atoms with E-state index < -0.39 is 12.6 Å². The average molecular weight is 283 g/mol. The predicted octanol–water partition coefficient (Wildman–Crippen LogP) is 3.69. The van der Waals surface area contributed by atoms with E-state index in [1.54, 1.807) is 0 Å². The van der Waals surface area contributed by atoms with Crippen molar-refractivity contribution >= 4 is 35.2 Å². The number of rotatable bonds is 4. The van der Waals surface area contributed by atoms with Crippen LogP contribution in [0.15, 0.2) is 18.2 Å². The van der Waals surface area contributed by atoms with E-state index in [1.807, 2.05) is 0 Å². The number of carbonyl (C=O) groups is 1. The Hall–Kier alpha value is -1.33. The molecule has 1 aromatic carbocycles. The number of alkyl halides is 2. The number of carboxylic acids is 1. The van der Waals surface area contributed by atoms with Crippen LogP contribution in [-0.2, 0) is 4.79 Å². The Morgan fingerprint density at radius 3 is 2.29 bits per heavy atom. The van der Waals surface area contributed by atoms with Crippen molar-refractivity contribution in [2.45, 2.75) is 6.61 Å². The molecule has 92 valence electrons. The summed E-state index contributed by atoms with van der Waals surface area (Å²) >= 11 is 11.3. The molecular weight excluding hydrogens is 277 g/mol. The third kappa shape index (κ3) is 4.20. The molecule has 0 aliphatic rings. The van der Waals surface area contributed by atoms with Crippen LogP contribution in [0.2, 0.25) is 10.0 Å². The van der Waals surface area contributed by atoms with Gasteiger partial charge in [0.25, 0.3) is 0 Å². The van der Waals surface area contributed by atoms with Crippen LogP contribution in [0.4, 0.5) is 8.78 Å². The summed E-state index contributed by atoms with van der Waals surface area (Å²) in [5.41, 5.74) is 0.365. The van der Waals surface area contributed by atoms with Crippen LogP contribution in [0.1, 0.15) is 5.56 Å². The quantitative estimate of drug-likeness (QED) is 0.857. The van der Waals surface area contributed by atoms with E-state index in [-0.39, 0.29) is 15.8 Å². The lowest BCUT2D eigenvalue weighted by Crippen LogP contribution is -2.03. The number of hydrogen-bond acceptors (Lipinski definition) is 2. The fraction of sp³-hybridized carbons (Fsp3) is 0.100. The second kappa shape index (κ2) is 5.84. The maximum absolute atomic E-state index is 12.0. The highest BCUT2D eigenvalue weighted by molar-refractivity contribution is 6.37. The van der Waals surface area contributed by atoms with Gasteiger partial charge in [0.05, 0.1) is 10.0 Å². The number of halogens is 4. The molecule has 0 spiro atoms. The van der Waals surface area contributed by atoms with Gasteiger partial charge in [0.1, 0.15) is 0 Å². The molecular formula is C10H6Cl2F2O3. The number of aliphatic carboxylic acids is 1. The molecule has 1 aromatic rings. The van der Waals surface area contributed by atoms with Gasteiger partial charge in [-0.2, -0.15) is 8.78 Å². The summed E-state index contributed by atoms with van der Waals surface area (Å²) in [5.74, 6) is -1.49. The van der Waals surface area contributed by atoms with E-state index in [0.717, 1.165) is 6.08 Å². The fourth-order valence-corrected chi connectivity index (χ4v) is 1.64. The molecule has 1 rings (SSSR count). The molecule has 0 radical (unpaired) electrons. The van der Waals surface area contributed by atoms with Gasteiger partial charge in [-0.1, -0.05) is 23.2 Å². The molecule has 0 bridgehead atoms. The number of benzene rings is 1. The van der Waals surface area contributed by atoms with Gasteiger partial charge in [-0.25, -0.2) is 4.79 Å². The highest BCUT2D eigenvalue weighted by Crippen LogP contribution is 2.35. The van der Waals surface area contributed by atoms with E-state index in [2.05, 4.69) is 4.74 Å². The van der Waals surface area contributed by atoms with Gasteiger partial charge in [-0.3, -0.25) is 0 Å². The van der Waals surface area contributed by atoms with E-state index in [1.165, 1.54) is 18.2 Å². The standard InChI is InChI=1S/C10H6Cl2F2O3/c11-6-3-5(1-2-8(15)16)4-7(12)9(6)17-10(13)14/h1-4,10H,(H,15,16). The summed E-state index contributed by atoms with van der Waals surface area (Å²) in [5, 5.41) is 8.17. The number of ether oxygens (including phenoxy) is 1. The lowest BCUT2D eigenvalue weighted by molar-refractivity contribution is -0.131. The van der Waals surface area contributed by atoms with Gasteiger partial charge in [0.2, 0.25) is 0 Å². The van der Waals surface area contributed by atoms with Crippen LogP contribution in [0, 0.1) is 0 Å². The molecule has 0 fully saturated rings. The van der Waals surface area contributed by atoms with E-state index >= 15 is 0 Å². The monoisotopic (exact) mass is 282 g/mol. The predicted molar refractivity (Wildman–Crippen MR) is 59.8 cm³/mol. The molecule has 17 heavy (non-hydrogen) atoms. The lowest BCUT2D eigenvalue weighted by atomic mass is 10.2. The van der Waals surface area contributed by atoms with Crippen molar-refractivity contribution in [2.75, 3.05) is 0 Å². The molecule has 0 saturated carbocycles. The molecule has 7 heteroatoms. The van der Waals surface area contributed by atoms with Crippen LogP contribution in [0.3, 0.4) is 0 Å². The molecule has 0 heterocycles. The Balaban J connectivity index is 3.05. The normalized spacial score (nSPS) is 11.1. The van der Waals surface area contributed by atoms with E-state index in [9.17, 15) is 13.6 Å². The van der Waals surface area contributed by atoms with Crippen molar-refractivity contribution in [3.8, 4) is 5.75 Å². The number of hydrogen-bond donors (Lipinski definition) is 1. The van der Waals surface area contributed by atoms with Crippen LogP contribution >= 0.6 is 23.2 Å². The maximum Gasteiger partial charge on any atom is 0.387 e. The molecule has 0 aliphatic heterocycles. The Morgan fingerprint density at radius 1 is 1.35 bits per heavy atom. The molecule has 0 amide bonds. The molecule has 0 unspecified atom stereocenters. The molecule has 0 aliphatic carbocycles. The summed E-state index contributed by atoms with van der Waals surface area (Å²) < 4.78 is 28.1.